The van der Waals surface area contributed by atoms with Gasteiger partial charge in [0.15, 0.2) is 0 Å². The van der Waals surface area contributed by atoms with Crippen molar-refractivity contribution in [2.45, 2.75) is 26.7 Å². The van der Waals surface area contributed by atoms with Crippen LogP contribution in [0.15, 0.2) is 78.9 Å². The minimum atomic E-state index is -0.501. The maximum Gasteiger partial charge on any atom is 0.343 e. The molecule has 35 heavy (non-hydrogen) atoms. The molecule has 2 amide bonds. The van der Waals surface area contributed by atoms with E-state index in [0.29, 0.717) is 39.8 Å². The van der Waals surface area contributed by atoms with E-state index in [-0.39, 0.29) is 11.8 Å². The topological polar surface area (TPSA) is 63.7 Å². The first-order valence-electron chi connectivity index (χ1n) is 11.8. The number of nitrogens with zero attached hydrogens (tertiary/aromatic N) is 1. The summed E-state index contributed by atoms with van der Waals surface area (Å²) in [7, 11) is 0. The van der Waals surface area contributed by atoms with Crippen molar-refractivity contribution in [3.05, 3.63) is 101 Å². The number of imide groups is 1. The summed E-state index contributed by atoms with van der Waals surface area (Å²) in [4.78, 5) is 40.3. The highest BCUT2D eigenvalue weighted by molar-refractivity contribution is 6.26. The molecule has 0 bridgehead atoms. The monoisotopic (exact) mass is 463 g/mol. The zero-order chi connectivity index (χ0) is 24.5. The SMILES string of the molecule is CCCCN1C(=O)c2cccc3c(OC(=O)c4ccc(-c5ccc(C)cc5)cc4)ccc(c23)C1=O. The third-order valence-corrected chi connectivity index (χ3v) is 6.40. The first kappa shape index (κ1) is 22.5. The van der Waals surface area contributed by atoms with E-state index in [1.807, 2.05) is 50.2 Å². The number of amides is 2. The van der Waals surface area contributed by atoms with Crippen molar-refractivity contribution in [1.82, 2.24) is 4.90 Å². The van der Waals surface area contributed by atoms with Crippen molar-refractivity contribution >= 4 is 28.6 Å². The predicted octanol–water partition coefficient (Wildman–Crippen LogP) is 6.43. The van der Waals surface area contributed by atoms with Gasteiger partial charge in [-0.2, -0.15) is 0 Å². The van der Waals surface area contributed by atoms with Crippen molar-refractivity contribution in [2.75, 3.05) is 6.54 Å². The van der Waals surface area contributed by atoms with Gasteiger partial charge < -0.3 is 4.74 Å². The summed E-state index contributed by atoms with van der Waals surface area (Å²) in [6.45, 7) is 4.45. The molecule has 1 aliphatic heterocycles. The molecule has 5 rings (SSSR count). The minimum absolute atomic E-state index is 0.309. The van der Waals surface area contributed by atoms with Crippen LogP contribution >= 0.6 is 0 Å². The summed E-state index contributed by atoms with van der Waals surface area (Å²) in [5.74, 6) is -0.798. The van der Waals surface area contributed by atoms with Crippen LogP contribution in [-0.2, 0) is 0 Å². The zero-order valence-electron chi connectivity index (χ0n) is 19.7. The number of esters is 1. The van der Waals surface area contributed by atoms with Gasteiger partial charge in [0.2, 0.25) is 0 Å². The molecule has 5 heteroatoms. The molecule has 0 saturated carbocycles. The van der Waals surface area contributed by atoms with Crippen LogP contribution in [0, 0.1) is 6.92 Å². The third-order valence-electron chi connectivity index (χ3n) is 6.40. The predicted molar refractivity (Wildman–Crippen MR) is 136 cm³/mol. The standard InChI is InChI=1S/C30H25NO4/c1-3-4-18-31-28(32)24-7-5-6-23-26(17-16-25(27(23)24)29(31)33)35-30(34)22-14-12-21(13-15-22)20-10-8-19(2)9-11-20/h5-17H,3-4,18H2,1-2H3. The molecule has 0 spiro atoms. The summed E-state index contributed by atoms with van der Waals surface area (Å²) < 4.78 is 5.74. The van der Waals surface area contributed by atoms with Gasteiger partial charge in [-0.25, -0.2) is 4.79 Å². The van der Waals surface area contributed by atoms with Gasteiger partial charge in [-0.15, -0.1) is 0 Å². The fraction of sp³-hybridized carbons (Fsp3) is 0.167. The van der Waals surface area contributed by atoms with Crippen LogP contribution in [0.4, 0.5) is 0 Å². The van der Waals surface area contributed by atoms with E-state index in [9.17, 15) is 14.4 Å². The summed E-state index contributed by atoms with van der Waals surface area (Å²) in [5.41, 5.74) is 4.59. The first-order chi connectivity index (χ1) is 17.0. The second-order valence-corrected chi connectivity index (χ2v) is 8.79. The van der Waals surface area contributed by atoms with E-state index in [0.717, 1.165) is 24.0 Å². The van der Waals surface area contributed by atoms with Gasteiger partial charge in [-0.3, -0.25) is 14.5 Å². The molecule has 0 atom stereocenters. The van der Waals surface area contributed by atoms with Crippen molar-refractivity contribution in [1.29, 1.82) is 0 Å². The van der Waals surface area contributed by atoms with E-state index < -0.39 is 5.97 Å². The van der Waals surface area contributed by atoms with Gasteiger partial charge in [-0.05, 0) is 54.8 Å². The van der Waals surface area contributed by atoms with Gasteiger partial charge in [0.1, 0.15) is 5.75 Å². The number of hydrogen-bond donors (Lipinski definition) is 0. The normalized spacial score (nSPS) is 12.8. The van der Waals surface area contributed by atoms with Gasteiger partial charge in [-0.1, -0.05) is 67.4 Å². The Morgan fingerprint density at radius 2 is 1.43 bits per heavy atom. The van der Waals surface area contributed by atoms with Gasteiger partial charge in [0.05, 0.1) is 5.56 Å². The number of unbranched alkanes of at least 4 members (excludes halogenated alkanes) is 1. The highest BCUT2D eigenvalue weighted by Gasteiger charge is 2.33. The molecule has 4 aromatic carbocycles. The van der Waals surface area contributed by atoms with E-state index in [4.69, 9.17) is 4.74 Å². The van der Waals surface area contributed by atoms with Crippen LogP contribution in [-0.4, -0.2) is 29.2 Å². The highest BCUT2D eigenvalue weighted by Crippen LogP contribution is 2.36. The number of hydrogen-bond acceptors (Lipinski definition) is 4. The average Bonchev–Trinajstić information content (AvgIpc) is 2.88. The zero-order valence-corrected chi connectivity index (χ0v) is 19.7. The molecule has 0 radical (unpaired) electrons. The van der Waals surface area contributed by atoms with E-state index in [1.165, 1.54) is 10.5 Å². The molecule has 0 fully saturated rings. The number of rotatable bonds is 6. The Labute approximate surface area is 203 Å². The van der Waals surface area contributed by atoms with Crippen LogP contribution in [0.2, 0.25) is 0 Å². The second-order valence-electron chi connectivity index (χ2n) is 8.79. The number of carbonyl (C=O) groups excluding carboxylic acids is 3. The largest absolute Gasteiger partial charge is 0.422 e. The Balaban J connectivity index is 1.44. The second kappa shape index (κ2) is 9.18. The number of ether oxygens (including phenoxy) is 1. The quantitative estimate of drug-likeness (QED) is 0.188. The van der Waals surface area contributed by atoms with Crippen molar-refractivity contribution in [3.8, 4) is 16.9 Å². The summed E-state index contributed by atoms with van der Waals surface area (Å²) in [6, 6.07) is 24.0. The molecule has 0 saturated heterocycles. The van der Waals surface area contributed by atoms with Gasteiger partial charge in [0, 0.05) is 28.4 Å². The number of aryl methyl sites for hydroxylation is 1. The number of carbonyl (C=O) groups is 3. The molecule has 174 valence electrons. The summed E-state index contributed by atoms with van der Waals surface area (Å²) >= 11 is 0. The van der Waals surface area contributed by atoms with Crippen molar-refractivity contribution in [2.24, 2.45) is 0 Å². The lowest BCUT2D eigenvalue weighted by molar-refractivity contribution is 0.0608. The summed E-state index contributed by atoms with van der Waals surface area (Å²) in [5, 5.41) is 1.11. The smallest absolute Gasteiger partial charge is 0.343 e. The Morgan fingerprint density at radius 3 is 2.09 bits per heavy atom. The lowest BCUT2D eigenvalue weighted by Crippen LogP contribution is -2.40. The van der Waals surface area contributed by atoms with Crippen LogP contribution in [0.1, 0.15) is 56.4 Å². The minimum Gasteiger partial charge on any atom is -0.422 e. The lowest BCUT2D eigenvalue weighted by atomic mass is 9.93. The molecule has 0 N–H and O–H groups in total. The van der Waals surface area contributed by atoms with E-state index in [1.54, 1.807) is 42.5 Å². The fourth-order valence-electron chi connectivity index (χ4n) is 4.43. The number of benzene rings is 4. The third kappa shape index (κ3) is 4.10. The Morgan fingerprint density at radius 1 is 0.800 bits per heavy atom. The molecular formula is C30H25NO4. The Kier molecular flexibility index (Phi) is 5.91. The average molecular weight is 464 g/mol. The van der Waals surface area contributed by atoms with Crippen molar-refractivity contribution in [3.63, 3.8) is 0 Å². The van der Waals surface area contributed by atoms with E-state index in [2.05, 4.69) is 0 Å². The molecule has 4 aromatic rings. The fourth-order valence-corrected chi connectivity index (χ4v) is 4.43. The first-order valence-corrected chi connectivity index (χ1v) is 11.8. The highest BCUT2D eigenvalue weighted by atomic mass is 16.5. The molecule has 0 aliphatic carbocycles. The van der Waals surface area contributed by atoms with E-state index >= 15 is 0 Å². The maximum atomic E-state index is 13.0. The molecule has 1 heterocycles. The molecule has 5 nitrogen and oxygen atoms in total. The van der Waals surface area contributed by atoms with Crippen LogP contribution in [0.3, 0.4) is 0 Å². The van der Waals surface area contributed by atoms with Crippen LogP contribution in [0.25, 0.3) is 21.9 Å². The molecule has 0 aromatic heterocycles. The van der Waals surface area contributed by atoms with Crippen LogP contribution < -0.4 is 4.74 Å². The molecule has 0 unspecified atom stereocenters. The van der Waals surface area contributed by atoms with Crippen molar-refractivity contribution < 1.29 is 19.1 Å². The maximum absolute atomic E-state index is 13.0. The van der Waals surface area contributed by atoms with Gasteiger partial charge in [0.25, 0.3) is 11.8 Å². The Bertz CT molecular complexity index is 1430. The molecular weight excluding hydrogens is 438 g/mol. The van der Waals surface area contributed by atoms with Crippen LogP contribution in [0.5, 0.6) is 5.75 Å². The van der Waals surface area contributed by atoms with Gasteiger partial charge >= 0.3 is 5.97 Å². The lowest BCUT2D eigenvalue weighted by Gasteiger charge is -2.27. The molecule has 1 aliphatic rings. The summed E-state index contributed by atoms with van der Waals surface area (Å²) in [6.07, 6.45) is 1.64. The Hall–Kier alpha value is -4.25.